The third-order valence-corrected chi connectivity index (χ3v) is 3.82. The summed E-state index contributed by atoms with van der Waals surface area (Å²) in [6.07, 6.45) is 1.43. The van der Waals surface area contributed by atoms with Gasteiger partial charge in [0.1, 0.15) is 5.78 Å². The van der Waals surface area contributed by atoms with Crippen LogP contribution in [0.2, 0.25) is 10.0 Å². The van der Waals surface area contributed by atoms with Crippen molar-refractivity contribution in [1.29, 1.82) is 0 Å². The molecule has 8 heteroatoms. The number of carbonyl (C=O) groups excluding carboxylic acids is 3. The molecule has 0 amide bonds. The molecule has 0 heterocycles. The highest BCUT2D eigenvalue weighted by Crippen LogP contribution is 2.34. The van der Waals surface area contributed by atoms with E-state index in [-0.39, 0.29) is 34.0 Å². The van der Waals surface area contributed by atoms with Crippen LogP contribution in [-0.2, 0) is 19.1 Å². The Balaban J connectivity index is 3.15. The van der Waals surface area contributed by atoms with E-state index in [4.69, 9.17) is 32.7 Å². The molecule has 1 aromatic rings. The van der Waals surface area contributed by atoms with Crippen molar-refractivity contribution >= 4 is 52.8 Å². The third-order valence-electron chi connectivity index (χ3n) is 3.12. The summed E-state index contributed by atoms with van der Waals surface area (Å²) in [5.74, 6) is -2.94. The van der Waals surface area contributed by atoms with Gasteiger partial charge in [-0.3, -0.25) is 14.6 Å². The minimum Gasteiger partial charge on any atom is -0.465 e. The van der Waals surface area contributed by atoms with Crippen molar-refractivity contribution in [3.05, 3.63) is 27.7 Å². The Morgan fingerprint density at radius 2 is 1.88 bits per heavy atom. The van der Waals surface area contributed by atoms with Crippen LogP contribution in [-0.4, -0.2) is 36.6 Å². The lowest BCUT2D eigenvalue weighted by Gasteiger charge is -2.12. The summed E-state index contributed by atoms with van der Waals surface area (Å²) >= 11 is 12.3. The summed E-state index contributed by atoms with van der Waals surface area (Å²) in [5.41, 5.74) is 0.158. The largest absolute Gasteiger partial charge is 0.465 e. The van der Waals surface area contributed by atoms with E-state index in [1.54, 1.807) is 13.8 Å². The molecular formula is C18H21Cl2NO5. The molecule has 0 bridgehead atoms. The molecule has 0 radical (unpaired) electrons. The lowest BCUT2D eigenvalue weighted by Crippen LogP contribution is -2.25. The van der Waals surface area contributed by atoms with E-state index < -0.39 is 23.6 Å². The van der Waals surface area contributed by atoms with E-state index >= 15 is 0 Å². The van der Waals surface area contributed by atoms with Gasteiger partial charge in [-0.1, -0.05) is 30.1 Å². The fraction of sp³-hybridized carbons (Fsp3) is 0.444. The molecule has 0 aliphatic carbocycles. The summed E-state index contributed by atoms with van der Waals surface area (Å²) in [6, 6.07) is 2.91. The van der Waals surface area contributed by atoms with Crippen molar-refractivity contribution in [1.82, 2.24) is 0 Å². The van der Waals surface area contributed by atoms with Gasteiger partial charge in [-0.05, 0) is 39.3 Å². The number of rotatable bonds is 8. The second-order valence-electron chi connectivity index (χ2n) is 5.74. The van der Waals surface area contributed by atoms with Gasteiger partial charge in [-0.25, -0.2) is 4.79 Å². The molecule has 6 nitrogen and oxygen atoms in total. The van der Waals surface area contributed by atoms with Crippen LogP contribution in [0, 0.1) is 5.92 Å². The van der Waals surface area contributed by atoms with Crippen LogP contribution in [0.1, 0.15) is 44.5 Å². The smallest absolute Gasteiger partial charge is 0.341 e. The van der Waals surface area contributed by atoms with Crippen LogP contribution >= 0.6 is 23.2 Å². The van der Waals surface area contributed by atoms with E-state index in [2.05, 4.69) is 4.99 Å². The average molecular weight is 402 g/mol. The van der Waals surface area contributed by atoms with Crippen molar-refractivity contribution in [2.75, 3.05) is 6.61 Å². The molecule has 1 unspecified atom stereocenters. The van der Waals surface area contributed by atoms with Crippen LogP contribution in [0.15, 0.2) is 17.1 Å². The van der Waals surface area contributed by atoms with Crippen LogP contribution in [0.3, 0.4) is 0 Å². The van der Waals surface area contributed by atoms with Crippen molar-refractivity contribution in [3.8, 4) is 0 Å². The van der Waals surface area contributed by atoms with Crippen molar-refractivity contribution in [2.24, 2.45) is 10.9 Å². The first-order valence-electron chi connectivity index (χ1n) is 8.09. The number of esters is 2. The van der Waals surface area contributed by atoms with E-state index in [0.717, 1.165) is 6.21 Å². The third kappa shape index (κ3) is 6.11. The minimum absolute atomic E-state index is 0.0235. The Bertz CT molecular complexity index is 716. The second-order valence-corrected chi connectivity index (χ2v) is 6.53. The molecule has 1 atom stereocenters. The standard InChI is InChI=1S/C18H21Cl2NO5/c1-5-8-25-17(23)12(11(4)22)9-21-14-7-6-13(19)15(16(14)20)18(24)26-10(2)3/h6-7,9-10,12H,5,8H2,1-4H3. The van der Waals surface area contributed by atoms with E-state index in [1.807, 2.05) is 6.92 Å². The number of ketones is 1. The van der Waals surface area contributed by atoms with Gasteiger partial charge in [-0.15, -0.1) is 0 Å². The number of Topliss-reactive ketones (excluding diaryl/α,β-unsaturated/α-hetero) is 1. The van der Waals surface area contributed by atoms with Crippen LogP contribution < -0.4 is 0 Å². The Hall–Kier alpha value is -1.92. The molecule has 0 fully saturated rings. The molecule has 0 saturated carbocycles. The van der Waals surface area contributed by atoms with Crippen molar-refractivity contribution < 1.29 is 23.9 Å². The first-order chi connectivity index (χ1) is 12.2. The van der Waals surface area contributed by atoms with Gasteiger partial charge in [0.15, 0.2) is 5.92 Å². The molecule has 1 aromatic carbocycles. The molecule has 0 N–H and O–H groups in total. The Kier molecular flexibility index (Phi) is 8.75. The first-order valence-corrected chi connectivity index (χ1v) is 8.84. The maximum atomic E-state index is 12.2. The number of halogens is 2. The van der Waals surface area contributed by atoms with E-state index in [1.165, 1.54) is 19.1 Å². The lowest BCUT2D eigenvalue weighted by molar-refractivity contribution is -0.148. The Morgan fingerprint density at radius 1 is 1.23 bits per heavy atom. The Morgan fingerprint density at radius 3 is 2.42 bits per heavy atom. The molecule has 0 aliphatic heterocycles. The van der Waals surface area contributed by atoms with Gasteiger partial charge >= 0.3 is 11.9 Å². The fourth-order valence-electron chi connectivity index (χ4n) is 1.88. The number of ether oxygens (including phenoxy) is 2. The average Bonchev–Trinajstić information content (AvgIpc) is 2.54. The number of hydrogen-bond donors (Lipinski definition) is 0. The minimum atomic E-state index is -1.15. The zero-order chi connectivity index (χ0) is 19.9. The van der Waals surface area contributed by atoms with Gasteiger partial charge in [0, 0.05) is 6.21 Å². The lowest BCUT2D eigenvalue weighted by atomic mass is 10.1. The monoisotopic (exact) mass is 401 g/mol. The number of benzene rings is 1. The van der Waals surface area contributed by atoms with Crippen LogP contribution in [0.5, 0.6) is 0 Å². The number of aliphatic imine (C=N–C) groups is 1. The molecule has 0 saturated heterocycles. The van der Waals surface area contributed by atoms with Gasteiger partial charge in [0.05, 0.1) is 34.0 Å². The zero-order valence-electron chi connectivity index (χ0n) is 15.0. The molecule has 0 aliphatic rings. The van der Waals surface area contributed by atoms with Crippen molar-refractivity contribution in [3.63, 3.8) is 0 Å². The van der Waals surface area contributed by atoms with Gasteiger partial charge in [-0.2, -0.15) is 0 Å². The highest BCUT2D eigenvalue weighted by molar-refractivity contribution is 6.41. The van der Waals surface area contributed by atoms with Gasteiger partial charge < -0.3 is 9.47 Å². The number of carbonyl (C=O) groups is 3. The first kappa shape index (κ1) is 22.1. The molecule has 0 aromatic heterocycles. The topological polar surface area (TPSA) is 82.0 Å². The van der Waals surface area contributed by atoms with Crippen molar-refractivity contribution in [2.45, 2.75) is 40.2 Å². The van der Waals surface area contributed by atoms with E-state index in [9.17, 15) is 14.4 Å². The quantitative estimate of drug-likeness (QED) is 0.365. The maximum Gasteiger partial charge on any atom is 0.341 e. The molecule has 26 heavy (non-hydrogen) atoms. The SMILES string of the molecule is CCCOC(=O)C(C=Nc1ccc(Cl)c(C(=O)OC(C)C)c1Cl)C(C)=O. The van der Waals surface area contributed by atoms with E-state index in [0.29, 0.717) is 6.42 Å². The summed E-state index contributed by atoms with van der Waals surface area (Å²) in [5, 5.41) is 0.0914. The predicted molar refractivity (Wildman–Crippen MR) is 101 cm³/mol. The molecule has 142 valence electrons. The predicted octanol–water partition coefficient (Wildman–Crippen LogP) is 4.42. The van der Waals surface area contributed by atoms with Gasteiger partial charge in [0.2, 0.25) is 0 Å². The van der Waals surface area contributed by atoms with Gasteiger partial charge in [0.25, 0.3) is 0 Å². The summed E-state index contributed by atoms with van der Waals surface area (Å²) in [6.45, 7) is 6.71. The molecule has 1 rings (SSSR count). The molecule has 0 spiro atoms. The Labute approximate surface area is 162 Å². The maximum absolute atomic E-state index is 12.2. The fourth-order valence-corrected chi connectivity index (χ4v) is 2.45. The summed E-state index contributed by atoms with van der Waals surface area (Å²) < 4.78 is 10.1. The van der Waals surface area contributed by atoms with Crippen LogP contribution in [0.4, 0.5) is 5.69 Å². The zero-order valence-corrected chi connectivity index (χ0v) is 16.6. The highest BCUT2D eigenvalue weighted by atomic mass is 35.5. The summed E-state index contributed by atoms with van der Waals surface area (Å²) in [4.78, 5) is 39.8. The normalized spacial score (nSPS) is 12.3. The summed E-state index contributed by atoms with van der Waals surface area (Å²) in [7, 11) is 0. The number of nitrogens with zero attached hydrogens (tertiary/aromatic N) is 1. The second kappa shape index (κ2) is 10.3. The highest BCUT2D eigenvalue weighted by Gasteiger charge is 2.24. The number of hydrogen-bond acceptors (Lipinski definition) is 6. The van der Waals surface area contributed by atoms with Crippen LogP contribution in [0.25, 0.3) is 0 Å². The molecular weight excluding hydrogens is 381 g/mol.